The maximum Gasteiger partial charge on any atom is 0.356 e. The van der Waals surface area contributed by atoms with Crippen LogP contribution in [0.3, 0.4) is 0 Å². The third-order valence-electron chi connectivity index (χ3n) is 3.73. The van der Waals surface area contributed by atoms with Crippen molar-refractivity contribution in [2.45, 2.75) is 30.0 Å². The predicted octanol–water partition coefficient (Wildman–Crippen LogP) is 2.38. The fraction of sp³-hybridized carbons (Fsp3) is 0.500. The summed E-state index contributed by atoms with van der Waals surface area (Å²) in [6, 6.07) is 4.68. The van der Waals surface area contributed by atoms with Gasteiger partial charge in [0, 0.05) is 11.5 Å². The van der Waals surface area contributed by atoms with E-state index in [0.29, 0.717) is 18.5 Å². The summed E-state index contributed by atoms with van der Waals surface area (Å²) in [4.78, 5) is 15.6. The molecule has 3 atom stereocenters. The fourth-order valence-corrected chi connectivity index (χ4v) is 3.07. The Morgan fingerprint density at radius 1 is 1.45 bits per heavy atom. The number of benzene rings is 1. The van der Waals surface area contributed by atoms with Crippen molar-refractivity contribution in [1.29, 1.82) is 0 Å². The van der Waals surface area contributed by atoms with Gasteiger partial charge in [-0.1, -0.05) is 24.3 Å². The van der Waals surface area contributed by atoms with E-state index >= 15 is 0 Å². The second kappa shape index (κ2) is 4.61. The minimum absolute atomic E-state index is 0.329. The first-order valence-corrected chi connectivity index (χ1v) is 6.49. The van der Waals surface area contributed by atoms with Gasteiger partial charge in [-0.25, -0.2) is 0 Å². The van der Waals surface area contributed by atoms with Gasteiger partial charge in [0.15, 0.2) is 0 Å². The molecule has 0 saturated carbocycles. The maximum atomic E-state index is 13.4. The summed E-state index contributed by atoms with van der Waals surface area (Å²) in [6.45, 7) is 0.329. The molecule has 0 spiro atoms. The second-order valence-corrected chi connectivity index (χ2v) is 5.38. The summed E-state index contributed by atoms with van der Waals surface area (Å²) >= 11 is 4.98. The van der Waals surface area contributed by atoms with Crippen molar-refractivity contribution in [2.24, 2.45) is 0 Å². The van der Waals surface area contributed by atoms with Crippen LogP contribution in [-0.2, 0) is 11.3 Å². The van der Waals surface area contributed by atoms with Crippen molar-refractivity contribution in [3.05, 3.63) is 45.5 Å². The van der Waals surface area contributed by atoms with Crippen LogP contribution in [0.1, 0.15) is 17.2 Å². The lowest BCUT2D eigenvalue weighted by atomic mass is 9.89. The van der Waals surface area contributed by atoms with E-state index in [9.17, 15) is 18.9 Å². The molecule has 0 unspecified atom stereocenters. The smallest absolute Gasteiger partial charge is 0.280 e. The van der Waals surface area contributed by atoms with Crippen molar-refractivity contribution < 1.29 is 18.5 Å². The van der Waals surface area contributed by atoms with Crippen molar-refractivity contribution in [3.8, 4) is 0 Å². The lowest BCUT2D eigenvalue weighted by Gasteiger charge is -2.29. The summed E-state index contributed by atoms with van der Waals surface area (Å²) in [5.41, 5.74) is 1.58. The van der Waals surface area contributed by atoms with E-state index in [0.717, 1.165) is 5.56 Å². The molecule has 2 aliphatic rings. The SMILES string of the molecule is O=[N+]([O-])[C@H]1[C@H]2c3ccccc3CCN2O[C@@H]1C(F)(F)Cl. The number of rotatable bonds is 2. The Labute approximate surface area is 118 Å². The Hall–Kier alpha value is -1.31. The molecule has 108 valence electrons. The highest BCUT2D eigenvalue weighted by atomic mass is 35.5. The van der Waals surface area contributed by atoms with E-state index in [2.05, 4.69) is 0 Å². The van der Waals surface area contributed by atoms with Gasteiger partial charge in [-0.15, -0.1) is 0 Å². The fourth-order valence-electron chi connectivity index (χ4n) is 2.90. The third-order valence-corrected chi connectivity index (χ3v) is 3.95. The first-order valence-electron chi connectivity index (χ1n) is 6.11. The number of hydrogen-bond donors (Lipinski definition) is 0. The van der Waals surface area contributed by atoms with Crippen molar-refractivity contribution in [3.63, 3.8) is 0 Å². The molecule has 3 rings (SSSR count). The van der Waals surface area contributed by atoms with Gasteiger partial charge in [0.2, 0.25) is 6.10 Å². The van der Waals surface area contributed by atoms with Gasteiger partial charge in [-0.05, 0) is 29.1 Å². The number of nitro groups is 1. The molecular weight excluding hydrogens is 294 g/mol. The molecule has 1 saturated heterocycles. The average Bonchev–Trinajstić information content (AvgIpc) is 2.78. The summed E-state index contributed by atoms with van der Waals surface area (Å²) in [7, 11) is 0. The summed E-state index contributed by atoms with van der Waals surface area (Å²) in [5.74, 6) is 0. The number of alkyl halides is 3. The van der Waals surface area contributed by atoms with E-state index in [1.54, 1.807) is 12.1 Å². The van der Waals surface area contributed by atoms with Gasteiger partial charge in [0.1, 0.15) is 6.04 Å². The maximum absolute atomic E-state index is 13.4. The van der Waals surface area contributed by atoms with E-state index in [1.807, 2.05) is 12.1 Å². The molecule has 1 fully saturated rings. The van der Waals surface area contributed by atoms with Gasteiger partial charge >= 0.3 is 5.38 Å². The van der Waals surface area contributed by atoms with Gasteiger partial charge in [0.05, 0.1) is 0 Å². The molecule has 0 aliphatic carbocycles. The lowest BCUT2D eigenvalue weighted by Crippen LogP contribution is -2.43. The van der Waals surface area contributed by atoms with Gasteiger partial charge in [-0.2, -0.15) is 13.8 Å². The van der Waals surface area contributed by atoms with Crippen LogP contribution in [0.15, 0.2) is 24.3 Å². The quantitative estimate of drug-likeness (QED) is 0.478. The molecule has 2 heterocycles. The number of halogens is 3. The first kappa shape index (κ1) is 13.7. The van der Waals surface area contributed by atoms with Crippen LogP contribution in [0.2, 0.25) is 0 Å². The zero-order valence-electron chi connectivity index (χ0n) is 10.2. The van der Waals surface area contributed by atoms with Crippen molar-refractivity contribution in [1.82, 2.24) is 5.06 Å². The van der Waals surface area contributed by atoms with E-state index < -0.39 is 28.5 Å². The zero-order valence-corrected chi connectivity index (χ0v) is 11.0. The Balaban J connectivity index is 2.06. The average molecular weight is 305 g/mol. The molecule has 0 aromatic heterocycles. The van der Waals surface area contributed by atoms with E-state index in [1.165, 1.54) is 5.06 Å². The van der Waals surface area contributed by atoms with Crippen LogP contribution in [0.4, 0.5) is 8.78 Å². The number of hydroxylamine groups is 2. The minimum atomic E-state index is -3.79. The van der Waals surface area contributed by atoms with Crippen molar-refractivity contribution >= 4 is 11.6 Å². The third kappa shape index (κ3) is 2.06. The first-order chi connectivity index (χ1) is 9.39. The number of nitrogens with zero attached hydrogens (tertiary/aromatic N) is 2. The number of fused-ring (bicyclic) bond motifs is 3. The molecule has 20 heavy (non-hydrogen) atoms. The molecule has 2 aliphatic heterocycles. The van der Waals surface area contributed by atoms with Crippen LogP contribution < -0.4 is 0 Å². The minimum Gasteiger partial charge on any atom is -0.280 e. The van der Waals surface area contributed by atoms with Crippen LogP contribution in [-0.4, -0.2) is 34.1 Å². The monoisotopic (exact) mass is 304 g/mol. The summed E-state index contributed by atoms with van der Waals surface area (Å²) in [6.07, 6.45) is -1.37. The Morgan fingerprint density at radius 2 is 2.15 bits per heavy atom. The van der Waals surface area contributed by atoms with Gasteiger partial charge in [-0.3, -0.25) is 15.0 Å². The summed E-state index contributed by atoms with van der Waals surface area (Å²) in [5, 5.41) is 8.70. The van der Waals surface area contributed by atoms with E-state index in [-0.39, 0.29) is 0 Å². The van der Waals surface area contributed by atoms with Crippen LogP contribution in [0.5, 0.6) is 0 Å². The van der Waals surface area contributed by atoms with Crippen LogP contribution >= 0.6 is 11.6 Å². The topological polar surface area (TPSA) is 55.6 Å². The highest BCUT2D eigenvalue weighted by molar-refractivity contribution is 6.22. The molecule has 1 aromatic rings. The summed E-state index contributed by atoms with van der Waals surface area (Å²) < 4.78 is 26.7. The standard InChI is InChI=1S/C12H11ClF2N2O3/c13-12(14,15)11-10(17(18)19)9-8-4-2-1-3-7(8)5-6-16(9)20-11/h1-4,9-11H,5-6H2/t9-,10+,11+/m1/s1. The zero-order chi connectivity index (χ0) is 14.5. The molecule has 0 N–H and O–H groups in total. The molecule has 0 radical (unpaired) electrons. The lowest BCUT2D eigenvalue weighted by molar-refractivity contribution is -0.534. The Kier molecular flexibility index (Phi) is 3.15. The predicted molar refractivity (Wildman–Crippen MR) is 66.0 cm³/mol. The van der Waals surface area contributed by atoms with Gasteiger partial charge in [0.25, 0.3) is 6.04 Å². The molecule has 8 heteroatoms. The molecular formula is C12H11ClF2N2O3. The van der Waals surface area contributed by atoms with E-state index in [4.69, 9.17) is 16.4 Å². The normalized spacial score (nSPS) is 29.9. The molecule has 5 nitrogen and oxygen atoms in total. The van der Waals surface area contributed by atoms with Crippen LogP contribution in [0, 0.1) is 10.1 Å². The van der Waals surface area contributed by atoms with Crippen molar-refractivity contribution in [2.75, 3.05) is 6.54 Å². The Morgan fingerprint density at radius 3 is 2.80 bits per heavy atom. The second-order valence-electron chi connectivity index (χ2n) is 4.88. The molecule has 1 aromatic carbocycles. The van der Waals surface area contributed by atoms with Crippen LogP contribution in [0.25, 0.3) is 0 Å². The highest BCUT2D eigenvalue weighted by Crippen LogP contribution is 2.45. The molecule has 0 bridgehead atoms. The van der Waals surface area contributed by atoms with Gasteiger partial charge < -0.3 is 0 Å². The number of hydrogen-bond acceptors (Lipinski definition) is 4. The highest BCUT2D eigenvalue weighted by Gasteiger charge is 2.62. The molecule has 0 amide bonds. The largest absolute Gasteiger partial charge is 0.356 e. The Bertz CT molecular complexity index is 552.